The quantitative estimate of drug-likeness (QED) is 0.912. The van der Waals surface area contributed by atoms with Crippen LogP contribution >= 0.6 is 0 Å². The van der Waals surface area contributed by atoms with E-state index in [2.05, 4.69) is 0 Å². The number of rotatable bonds is 3. The molecule has 2 aromatic carbocycles. The summed E-state index contributed by atoms with van der Waals surface area (Å²) in [5.41, 5.74) is -0.578. The molecule has 0 atom stereocenters. The van der Waals surface area contributed by atoms with Gasteiger partial charge in [-0.1, -0.05) is 24.3 Å². The smallest absolute Gasteiger partial charge is 0.416 e. The summed E-state index contributed by atoms with van der Waals surface area (Å²) in [7, 11) is 0. The average molecular weight is 268 g/mol. The summed E-state index contributed by atoms with van der Waals surface area (Å²) in [4.78, 5) is 0. The van der Waals surface area contributed by atoms with Gasteiger partial charge in [-0.2, -0.15) is 13.2 Å². The van der Waals surface area contributed by atoms with Gasteiger partial charge >= 0.3 is 6.18 Å². The Hall–Kier alpha value is -2.17. The first-order valence-electron chi connectivity index (χ1n) is 5.54. The van der Waals surface area contributed by atoms with Gasteiger partial charge in [0.2, 0.25) is 0 Å². The minimum absolute atomic E-state index is 0.00792. The minimum atomic E-state index is -4.46. The van der Waals surface area contributed by atoms with Crippen LogP contribution in [0.25, 0.3) is 0 Å². The van der Waals surface area contributed by atoms with E-state index in [0.717, 1.165) is 6.07 Å². The SMILES string of the molecule is Oc1cc(C(F)(F)F)ccc1COc1ccccc1. The van der Waals surface area contributed by atoms with Crippen molar-refractivity contribution in [1.29, 1.82) is 0 Å². The van der Waals surface area contributed by atoms with Gasteiger partial charge in [0.05, 0.1) is 5.56 Å². The van der Waals surface area contributed by atoms with Crippen LogP contribution in [0.15, 0.2) is 48.5 Å². The average Bonchev–Trinajstić information content (AvgIpc) is 2.37. The van der Waals surface area contributed by atoms with E-state index in [9.17, 15) is 18.3 Å². The molecule has 0 saturated carbocycles. The van der Waals surface area contributed by atoms with Crippen LogP contribution in [0.4, 0.5) is 13.2 Å². The summed E-state index contributed by atoms with van der Waals surface area (Å²) >= 11 is 0. The molecular formula is C14H11F3O2. The normalized spacial score (nSPS) is 11.3. The highest BCUT2D eigenvalue weighted by molar-refractivity contribution is 5.37. The van der Waals surface area contributed by atoms with Crippen molar-refractivity contribution >= 4 is 0 Å². The van der Waals surface area contributed by atoms with E-state index in [1.807, 2.05) is 6.07 Å². The lowest BCUT2D eigenvalue weighted by atomic mass is 10.1. The van der Waals surface area contributed by atoms with Crippen molar-refractivity contribution in [3.8, 4) is 11.5 Å². The second-order valence-electron chi connectivity index (χ2n) is 3.94. The third kappa shape index (κ3) is 3.40. The lowest BCUT2D eigenvalue weighted by Crippen LogP contribution is -2.05. The number of phenols is 1. The van der Waals surface area contributed by atoms with Gasteiger partial charge in [-0.15, -0.1) is 0 Å². The Labute approximate surface area is 108 Å². The lowest BCUT2D eigenvalue weighted by Gasteiger charge is -2.11. The van der Waals surface area contributed by atoms with Crippen LogP contribution in [0.3, 0.4) is 0 Å². The molecule has 100 valence electrons. The second kappa shape index (κ2) is 5.22. The van der Waals surface area contributed by atoms with Crippen LogP contribution in [0, 0.1) is 0 Å². The Morgan fingerprint density at radius 2 is 1.68 bits per heavy atom. The van der Waals surface area contributed by atoms with Gasteiger partial charge in [0.25, 0.3) is 0 Å². The van der Waals surface area contributed by atoms with Gasteiger partial charge in [-0.25, -0.2) is 0 Å². The zero-order valence-corrected chi connectivity index (χ0v) is 9.82. The Morgan fingerprint density at radius 1 is 1.00 bits per heavy atom. The number of aromatic hydroxyl groups is 1. The molecule has 0 radical (unpaired) electrons. The number of para-hydroxylation sites is 1. The van der Waals surface area contributed by atoms with Gasteiger partial charge in [0.1, 0.15) is 18.1 Å². The van der Waals surface area contributed by atoms with Crippen molar-refractivity contribution in [2.45, 2.75) is 12.8 Å². The maximum absolute atomic E-state index is 12.4. The van der Waals surface area contributed by atoms with Crippen molar-refractivity contribution in [3.63, 3.8) is 0 Å². The molecule has 0 unspecified atom stereocenters. The van der Waals surface area contributed by atoms with Crippen molar-refractivity contribution in [2.24, 2.45) is 0 Å². The number of hydrogen-bond donors (Lipinski definition) is 1. The highest BCUT2D eigenvalue weighted by Crippen LogP contribution is 2.32. The lowest BCUT2D eigenvalue weighted by molar-refractivity contribution is -0.137. The van der Waals surface area contributed by atoms with Crippen LogP contribution in [0.5, 0.6) is 11.5 Å². The number of halogens is 3. The van der Waals surface area contributed by atoms with Crippen LogP contribution in [0.1, 0.15) is 11.1 Å². The number of benzene rings is 2. The fourth-order valence-corrected chi connectivity index (χ4v) is 1.54. The summed E-state index contributed by atoms with van der Waals surface area (Å²) in [6, 6.07) is 11.7. The first-order chi connectivity index (χ1) is 8.97. The third-order valence-electron chi connectivity index (χ3n) is 2.55. The summed E-state index contributed by atoms with van der Waals surface area (Å²) in [5.74, 6) is 0.160. The van der Waals surface area contributed by atoms with Gasteiger partial charge in [0.15, 0.2) is 0 Å². The van der Waals surface area contributed by atoms with Gasteiger partial charge in [-0.05, 0) is 24.3 Å². The molecule has 5 heteroatoms. The van der Waals surface area contributed by atoms with E-state index in [4.69, 9.17) is 4.74 Å². The summed E-state index contributed by atoms with van der Waals surface area (Å²) in [6.07, 6.45) is -4.46. The highest BCUT2D eigenvalue weighted by atomic mass is 19.4. The molecule has 0 aromatic heterocycles. The van der Waals surface area contributed by atoms with E-state index in [-0.39, 0.29) is 6.61 Å². The molecule has 2 rings (SSSR count). The zero-order chi connectivity index (χ0) is 13.9. The number of hydrogen-bond acceptors (Lipinski definition) is 2. The van der Waals surface area contributed by atoms with E-state index >= 15 is 0 Å². The monoisotopic (exact) mass is 268 g/mol. The molecule has 0 aliphatic rings. The zero-order valence-electron chi connectivity index (χ0n) is 9.82. The third-order valence-corrected chi connectivity index (χ3v) is 2.55. The van der Waals surface area contributed by atoms with Crippen molar-refractivity contribution in [3.05, 3.63) is 59.7 Å². The topological polar surface area (TPSA) is 29.5 Å². The summed E-state index contributed by atoms with van der Waals surface area (Å²) in [6.45, 7) is 0.00792. The molecule has 0 aliphatic carbocycles. The maximum atomic E-state index is 12.4. The molecule has 2 nitrogen and oxygen atoms in total. The maximum Gasteiger partial charge on any atom is 0.416 e. The van der Waals surface area contributed by atoms with Crippen LogP contribution in [0.2, 0.25) is 0 Å². The molecular weight excluding hydrogens is 257 g/mol. The number of phenolic OH excluding ortho intramolecular Hbond substituents is 1. The van der Waals surface area contributed by atoms with E-state index in [0.29, 0.717) is 17.4 Å². The fourth-order valence-electron chi connectivity index (χ4n) is 1.54. The predicted molar refractivity (Wildman–Crippen MR) is 63.9 cm³/mol. The van der Waals surface area contributed by atoms with Gasteiger partial charge < -0.3 is 9.84 Å². The van der Waals surface area contributed by atoms with Crippen molar-refractivity contribution in [2.75, 3.05) is 0 Å². The highest BCUT2D eigenvalue weighted by Gasteiger charge is 2.31. The molecule has 19 heavy (non-hydrogen) atoms. The summed E-state index contributed by atoms with van der Waals surface area (Å²) in [5, 5.41) is 9.55. The van der Waals surface area contributed by atoms with Crippen molar-refractivity contribution in [1.82, 2.24) is 0 Å². The molecule has 0 bridgehead atoms. The molecule has 1 N–H and O–H groups in total. The Balaban J connectivity index is 2.10. The first kappa shape index (κ1) is 13.3. The van der Waals surface area contributed by atoms with Crippen LogP contribution in [-0.4, -0.2) is 5.11 Å². The molecule has 0 heterocycles. The molecule has 0 spiro atoms. The van der Waals surface area contributed by atoms with Crippen LogP contribution < -0.4 is 4.74 Å². The summed E-state index contributed by atoms with van der Waals surface area (Å²) < 4.78 is 42.6. The Morgan fingerprint density at radius 3 is 2.26 bits per heavy atom. The Kier molecular flexibility index (Phi) is 3.64. The number of ether oxygens (including phenoxy) is 1. The van der Waals surface area contributed by atoms with Crippen LogP contribution in [-0.2, 0) is 12.8 Å². The fraction of sp³-hybridized carbons (Fsp3) is 0.143. The van der Waals surface area contributed by atoms with E-state index in [1.54, 1.807) is 24.3 Å². The molecule has 0 saturated heterocycles. The first-order valence-corrected chi connectivity index (χ1v) is 5.54. The molecule has 2 aromatic rings. The Bertz CT molecular complexity index is 550. The molecule has 0 aliphatic heterocycles. The molecule has 0 fully saturated rings. The van der Waals surface area contributed by atoms with Gasteiger partial charge in [-0.3, -0.25) is 0 Å². The number of alkyl halides is 3. The van der Waals surface area contributed by atoms with Crippen molar-refractivity contribution < 1.29 is 23.0 Å². The van der Waals surface area contributed by atoms with Gasteiger partial charge in [0, 0.05) is 5.56 Å². The second-order valence-corrected chi connectivity index (χ2v) is 3.94. The minimum Gasteiger partial charge on any atom is -0.508 e. The van der Waals surface area contributed by atoms with E-state index in [1.165, 1.54) is 6.07 Å². The standard InChI is InChI=1S/C14H11F3O2/c15-14(16,17)11-7-6-10(13(18)8-11)9-19-12-4-2-1-3-5-12/h1-8,18H,9H2. The van der Waals surface area contributed by atoms with E-state index < -0.39 is 17.5 Å². The predicted octanol–water partition coefficient (Wildman–Crippen LogP) is 3.99. The molecule has 0 amide bonds. The largest absolute Gasteiger partial charge is 0.508 e.